The molecule has 1 nitrogen and oxygen atoms in total. The van der Waals surface area contributed by atoms with Gasteiger partial charge in [0.1, 0.15) is 0 Å². The number of anilines is 3. The van der Waals surface area contributed by atoms with Crippen molar-refractivity contribution in [2.75, 3.05) is 4.90 Å². The first kappa shape index (κ1) is 43.2. The fourth-order valence-corrected chi connectivity index (χ4v) is 12.2. The molecule has 14 rings (SSSR count). The van der Waals surface area contributed by atoms with Crippen LogP contribution in [0.15, 0.2) is 297 Å². The molecule has 0 saturated carbocycles. The van der Waals surface area contributed by atoms with Crippen LogP contribution in [-0.2, 0) is 5.41 Å². The van der Waals surface area contributed by atoms with E-state index >= 15 is 0 Å². The second-order valence-corrected chi connectivity index (χ2v) is 19.5. The van der Waals surface area contributed by atoms with E-state index in [-0.39, 0.29) is 0 Å². The molecule has 0 bridgehead atoms. The van der Waals surface area contributed by atoms with Gasteiger partial charge in [-0.05, 0) is 159 Å². The van der Waals surface area contributed by atoms with E-state index in [2.05, 4.69) is 302 Å². The van der Waals surface area contributed by atoms with Gasteiger partial charge in [0, 0.05) is 17.1 Å². The number of benzene rings is 13. The van der Waals surface area contributed by atoms with Crippen LogP contribution in [0, 0.1) is 0 Å². The molecule has 346 valence electrons. The lowest BCUT2D eigenvalue weighted by molar-refractivity contribution is 0.768. The summed E-state index contributed by atoms with van der Waals surface area (Å²) < 4.78 is 0. The van der Waals surface area contributed by atoms with Crippen LogP contribution < -0.4 is 4.90 Å². The van der Waals surface area contributed by atoms with E-state index in [9.17, 15) is 0 Å². The van der Waals surface area contributed by atoms with Gasteiger partial charge in [0.25, 0.3) is 0 Å². The van der Waals surface area contributed by atoms with E-state index < -0.39 is 5.41 Å². The van der Waals surface area contributed by atoms with E-state index in [1.54, 1.807) is 0 Å². The van der Waals surface area contributed by atoms with Crippen molar-refractivity contribution in [2.24, 2.45) is 0 Å². The van der Waals surface area contributed by atoms with Crippen molar-refractivity contribution in [3.63, 3.8) is 0 Å². The van der Waals surface area contributed by atoms with Crippen molar-refractivity contribution >= 4 is 49.4 Å². The minimum atomic E-state index is -0.542. The molecule has 0 atom stereocenters. The maximum absolute atomic E-state index is 2.48. The van der Waals surface area contributed by atoms with E-state index in [1.807, 2.05) is 0 Å². The van der Waals surface area contributed by atoms with Crippen LogP contribution in [0.2, 0.25) is 0 Å². The van der Waals surface area contributed by atoms with Crippen LogP contribution in [0.3, 0.4) is 0 Å². The van der Waals surface area contributed by atoms with Crippen LogP contribution in [-0.4, -0.2) is 0 Å². The standard InChI is InChI=1S/C73H49N/c1-6-21-50(22-7-1)54-37-38-56-47-61(41-39-55(56)45-54)74(62-42-44-66-65-34-18-19-36-69(65)73(70(66)49-62,58-28-12-4-13-29-58)59-30-14-5-15-31-59)60-32-20-27-53(46-60)57-40-43-64-63-33-16-17-35-67(63)71(51-23-8-2-9-24-51)72(68(64)48-57)52-25-10-3-11-26-52/h1-49H. The van der Waals surface area contributed by atoms with Gasteiger partial charge in [0.2, 0.25) is 0 Å². The Morgan fingerprint density at radius 1 is 0.230 bits per heavy atom. The molecule has 74 heavy (non-hydrogen) atoms. The lowest BCUT2D eigenvalue weighted by Gasteiger charge is -2.35. The predicted octanol–water partition coefficient (Wildman–Crippen LogP) is 19.6. The van der Waals surface area contributed by atoms with Gasteiger partial charge in [-0.2, -0.15) is 0 Å². The van der Waals surface area contributed by atoms with Crippen molar-refractivity contribution in [2.45, 2.75) is 5.41 Å². The summed E-state index contributed by atoms with van der Waals surface area (Å²) in [4.78, 5) is 2.47. The lowest BCUT2D eigenvalue weighted by atomic mass is 9.67. The molecule has 1 heteroatoms. The number of hydrogen-bond donors (Lipinski definition) is 0. The van der Waals surface area contributed by atoms with Crippen molar-refractivity contribution in [1.29, 1.82) is 0 Å². The third kappa shape index (κ3) is 7.08. The summed E-state index contributed by atoms with van der Waals surface area (Å²) in [6.45, 7) is 0. The molecular weight excluding hydrogens is 891 g/mol. The molecule has 13 aromatic rings. The van der Waals surface area contributed by atoms with Crippen LogP contribution in [0.4, 0.5) is 17.1 Å². The van der Waals surface area contributed by atoms with Gasteiger partial charge in [0.05, 0.1) is 5.41 Å². The fraction of sp³-hybridized carbons (Fsp3) is 0.0137. The Bertz CT molecular complexity index is 4180. The number of fused-ring (bicyclic) bond motifs is 7. The SMILES string of the molecule is c1ccc(-c2ccc3cc(N(c4cccc(-c5ccc6c(c5)c(-c5ccccc5)c(-c5ccccc5)c5ccccc56)c4)c4ccc5c(c4)C(c4ccccc4)(c4ccccc4)c4ccccc4-5)ccc3c2)cc1. The summed E-state index contributed by atoms with van der Waals surface area (Å²) in [5, 5.41) is 7.36. The van der Waals surface area contributed by atoms with Gasteiger partial charge in [-0.3, -0.25) is 0 Å². The quantitative estimate of drug-likeness (QED) is 0.130. The summed E-state index contributed by atoms with van der Waals surface area (Å²) in [6.07, 6.45) is 0. The first-order valence-electron chi connectivity index (χ1n) is 25.7. The Morgan fingerprint density at radius 3 is 1.39 bits per heavy atom. The molecule has 0 amide bonds. The van der Waals surface area contributed by atoms with Crippen molar-refractivity contribution < 1.29 is 0 Å². The molecule has 0 saturated heterocycles. The third-order valence-corrected chi connectivity index (χ3v) is 15.5. The van der Waals surface area contributed by atoms with Gasteiger partial charge < -0.3 is 4.90 Å². The number of hydrogen-bond acceptors (Lipinski definition) is 1. The van der Waals surface area contributed by atoms with E-state index in [0.29, 0.717) is 0 Å². The summed E-state index contributed by atoms with van der Waals surface area (Å²) in [5.41, 5.74) is 19.9. The average Bonchev–Trinajstić information content (AvgIpc) is 3.80. The van der Waals surface area contributed by atoms with Gasteiger partial charge in [-0.25, -0.2) is 0 Å². The van der Waals surface area contributed by atoms with Crippen molar-refractivity contribution in [1.82, 2.24) is 0 Å². The van der Waals surface area contributed by atoms with Gasteiger partial charge in [-0.1, -0.05) is 249 Å². The van der Waals surface area contributed by atoms with Gasteiger partial charge in [-0.15, -0.1) is 0 Å². The van der Waals surface area contributed by atoms with E-state index in [0.717, 1.165) is 28.2 Å². The highest BCUT2D eigenvalue weighted by atomic mass is 15.1. The highest BCUT2D eigenvalue weighted by Gasteiger charge is 2.46. The highest BCUT2D eigenvalue weighted by molar-refractivity contribution is 6.22. The first-order valence-corrected chi connectivity index (χ1v) is 25.7. The summed E-state index contributed by atoms with van der Waals surface area (Å²) in [5.74, 6) is 0. The zero-order valence-electron chi connectivity index (χ0n) is 40.7. The summed E-state index contributed by atoms with van der Waals surface area (Å²) >= 11 is 0. The Balaban J connectivity index is 0.988. The normalized spacial score (nSPS) is 12.4. The fourth-order valence-electron chi connectivity index (χ4n) is 12.2. The Morgan fingerprint density at radius 2 is 0.689 bits per heavy atom. The zero-order chi connectivity index (χ0) is 49.0. The topological polar surface area (TPSA) is 3.24 Å². The largest absolute Gasteiger partial charge is 0.310 e. The molecule has 0 radical (unpaired) electrons. The minimum absolute atomic E-state index is 0.542. The molecule has 0 aliphatic heterocycles. The summed E-state index contributed by atoms with van der Waals surface area (Å²) in [6, 6.07) is 110. The zero-order valence-corrected chi connectivity index (χ0v) is 40.7. The minimum Gasteiger partial charge on any atom is -0.310 e. The van der Waals surface area contributed by atoms with Crippen LogP contribution in [0.1, 0.15) is 22.3 Å². The van der Waals surface area contributed by atoms with Crippen molar-refractivity contribution in [3.8, 4) is 55.6 Å². The van der Waals surface area contributed by atoms with Crippen LogP contribution in [0.5, 0.6) is 0 Å². The molecule has 0 fully saturated rings. The molecule has 0 spiro atoms. The van der Waals surface area contributed by atoms with Crippen molar-refractivity contribution in [3.05, 3.63) is 320 Å². The van der Waals surface area contributed by atoms with Gasteiger partial charge >= 0.3 is 0 Å². The van der Waals surface area contributed by atoms with Crippen LogP contribution in [0.25, 0.3) is 88.0 Å². The molecule has 13 aromatic carbocycles. The second kappa shape index (κ2) is 17.9. The maximum atomic E-state index is 2.48. The molecule has 1 aliphatic carbocycles. The Kier molecular flexibility index (Phi) is 10.5. The molecule has 0 aromatic heterocycles. The average molecular weight is 940 g/mol. The monoisotopic (exact) mass is 939 g/mol. The Labute approximate surface area is 432 Å². The van der Waals surface area contributed by atoms with E-state index in [4.69, 9.17) is 0 Å². The van der Waals surface area contributed by atoms with E-state index in [1.165, 1.54) is 99.1 Å². The molecule has 0 N–H and O–H groups in total. The van der Waals surface area contributed by atoms with Gasteiger partial charge in [0.15, 0.2) is 0 Å². The summed E-state index contributed by atoms with van der Waals surface area (Å²) in [7, 11) is 0. The smallest absolute Gasteiger partial charge is 0.0714 e. The second-order valence-electron chi connectivity index (χ2n) is 19.5. The predicted molar refractivity (Wildman–Crippen MR) is 313 cm³/mol. The van der Waals surface area contributed by atoms with Crippen LogP contribution >= 0.6 is 0 Å². The molecule has 1 aliphatic rings. The molecule has 0 unspecified atom stereocenters. The molecule has 0 heterocycles. The number of rotatable bonds is 9. The first-order chi connectivity index (χ1) is 36.7. The lowest BCUT2D eigenvalue weighted by Crippen LogP contribution is -2.28. The number of nitrogens with zero attached hydrogens (tertiary/aromatic N) is 1. The molecular formula is C73H49N. The Hall–Kier alpha value is -9.56. The highest BCUT2D eigenvalue weighted by Crippen LogP contribution is 2.57. The maximum Gasteiger partial charge on any atom is 0.0714 e. The third-order valence-electron chi connectivity index (χ3n) is 15.5.